The van der Waals surface area contributed by atoms with E-state index in [0.29, 0.717) is 16.9 Å². The Kier molecular flexibility index (Phi) is 3.76. The second-order valence-corrected chi connectivity index (χ2v) is 5.61. The second-order valence-electron chi connectivity index (χ2n) is 4.49. The van der Waals surface area contributed by atoms with Crippen molar-refractivity contribution in [3.05, 3.63) is 64.1 Å². The van der Waals surface area contributed by atoms with Crippen LogP contribution in [0.2, 0.25) is 0 Å². The zero-order chi connectivity index (χ0) is 14.1. The van der Waals surface area contributed by atoms with Crippen LogP contribution in [0.1, 0.15) is 11.4 Å². The minimum absolute atomic E-state index is 0.292. The van der Waals surface area contributed by atoms with Gasteiger partial charge in [0.25, 0.3) is 0 Å². The van der Waals surface area contributed by atoms with Gasteiger partial charge in [-0.15, -0.1) is 11.6 Å². The third-order valence-electron chi connectivity index (χ3n) is 3.17. The summed E-state index contributed by atoms with van der Waals surface area (Å²) in [5.74, 6) is 0.733. The smallest absolute Gasteiger partial charge is 0.139 e. The minimum atomic E-state index is -0.298. The van der Waals surface area contributed by atoms with Crippen LogP contribution in [0.4, 0.5) is 4.39 Å². The van der Waals surface area contributed by atoms with Crippen molar-refractivity contribution >= 4 is 38.6 Å². The number of imidazole rings is 1. The Balaban J connectivity index is 2.15. The highest BCUT2D eigenvalue weighted by atomic mass is 79.9. The molecule has 0 spiro atoms. The van der Waals surface area contributed by atoms with Crippen LogP contribution in [0.3, 0.4) is 0 Å². The Morgan fingerprint density at radius 2 is 1.95 bits per heavy atom. The van der Waals surface area contributed by atoms with Crippen molar-refractivity contribution in [2.45, 2.75) is 12.4 Å². The van der Waals surface area contributed by atoms with Gasteiger partial charge in [-0.2, -0.15) is 0 Å². The van der Waals surface area contributed by atoms with Crippen LogP contribution in [-0.4, -0.2) is 9.55 Å². The number of hydrogen-bond acceptors (Lipinski definition) is 1. The van der Waals surface area contributed by atoms with E-state index in [1.807, 2.05) is 34.9 Å². The number of fused-ring (bicyclic) bond motifs is 1. The van der Waals surface area contributed by atoms with E-state index in [2.05, 4.69) is 20.9 Å². The van der Waals surface area contributed by atoms with E-state index in [0.717, 1.165) is 22.4 Å². The first-order valence-electron chi connectivity index (χ1n) is 6.13. The highest BCUT2D eigenvalue weighted by Crippen LogP contribution is 2.25. The largest absolute Gasteiger partial charge is 0.322 e. The second kappa shape index (κ2) is 5.54. The number of halogens is 3. The van der Waals surface area contributed by atoms with Gasteiger partial charge >= 0.3 is 0 Å². The summed E-state index contributed by atoms with van der Waals surface area (Å²) in [5, 5.41) is 0. The predicted molar refractivity (Wildman–Crippen MR) is 82.5 cm³/mol. The number of rotatable bonds is 3. The molecular formula is C15H11BrClFN2. The lowest BCUT2D eigenvalue weighted by Gasteiger charge is -2.08. The summed E-state index contributed by atoms with van der Waals surface area (Å²) >= 11 is 9.14. The van der Waals surface area contributed by atoms with Crippen molar-refractivity contribution in [1.29, 1.82) is 0 Å². The Hall–Kier alpha value is -1.39. The van der Waals surface area contributed by atoms with Crippen molar-refractivity contribution in [2.24, 2.45) is 0 Å². The summed E-state index contributed by atoms with van der Waals surface area (Å²) in [6, 6.07) is 13.2. The molecule has 0 aliphatic heterocycles. The van der Waals surface area contributed by atoms with Gasteiger partial charge in [-0.3, -0.25) is 0 Å². The molecule has 0 unspecified atom stereocenters. The first-order chi connectivity index (χ1) is 9.69. The fraction of sp³-hybridized carbons (Fsp3) is 0.133. The molecule has 0 aliphatic rings. The van der Waals surface area contributed by atoms with Crippen molar-refractivity contribution < 1.29 is 4.39 Å². The highest BCUT2D eigenvalue weighted by molar-refractivity contribution is 9.10. The van der Waals surface area contributed by atoms with Crippen LogP contribution >= 0.6 is 27.5 Å². The van der Waals surface area contributed by atoms with Gasteiger partial charge in [0.05, 0.1) is 21.4 Å². The molecule has 102 valence electrons. The first kappa shape index (κ1) is 13.6. The van der Waals surface area contributed by atoms with Crippen molar-refractivity contribution in [1.82, 2.24) is 9.55 Å². The summed E-state index contributed by atoms with van der Waals surface area (Å²) in [5.41, 5.74) is 2.62. The van der Waals surface area contributed by atoms with Crippen molar-refractivity contribution in [3.63, 3.8) is 0 Å². The Morgan fingerprint density at radius 1 is 1.20 bits per heavy atom. The van der Waals surface area contributed by atoms with E-state index >= 15 is 0 Å². The van der Waals surface area contributed by atoms with Crippen molar-refractivity contribution in [2.75, 3.05) is 0 Å². The Labute approximate surface area is 129 Å². The van der Waals surface area contributed by atoms with Crippen LogP contribution in [0.25, 0.3) is 11.0 Å². The number of benzene rings is 2. The van der Waals surface area contributed by atoms with Gasteiger partial charge in [-0.25, -0.2) is 9.37 Å². The molecule has 0 atom stereocenters. The molecule has 0 amide bonds. The number of alkyl halides is 1. The molecule has 0 N–H and O–H groups in total. The molecule has 0 fully saturated rings. The van der Waals surface area contributed by atoms with Crippen LogP contribution in [0.5, 0.6) is 0 Å². The summed E-state index contributed by atoms with van der Waals surface area (Å²) in [6.07, 6.45) is 0. The molecule has 3 aromatic rings. The molecule has 0 saturated carbocycles. The summed E-state index contributed by atoms with van der Waals surface area (Å²) < 4.78 is 16.1. The fourth-order valence-corrected chi connectivity index (χ4v) is 2.75. The van der Waals surface area contributed by atoms with E-state index in [1.54, 1.807) is 6.07 Å². The quantitative estimate of drug-likeness (QED) is 0.623. The molecule has 0 radical (unpaired) electrons. The normalized spacial score (nSPS) is 11.2. The molecule has 2 nitrogen and oxygen atoms in total. The average Bonchev–Trinajstić information content (AvgIpc) is 2.78. The Bertz CT molecular complexity index is 755. The highest BCUT2D eigenvalue weighted by Gasteiger charge is 2.13. The molecule has 5 heteroatoms. The van der Waals surface area contributed by atoms with E-state index < -0.39 is 0 Å². The van der Waals surface area contributed by atoms with E-state index in [1.165, 1.54) is 6.07 Å². The lowest BCUT2D eigenvalue weighted by atomic mass is 10.2. The SMILES string of the molecule is Fc1cc2c(cc1Br)nc(CCl)n2Cc1ccccc1. The van der Waals surface area contributed by atoms with E-state index in [-0.39, 0.29) is 5.82 Å². The molecule has 20 heavy (non-hydrogen) atoms. The molecule has 0 bridgehead atoms. The Morgan fingerprint density at radius 3 is 2.65 bits per heavy atom. The van der Waals surface area contributed by atoms with Gasteiger partial charge in [-0.1, -0.05) is 30.3 Å². The molecular weight excluding hydrogens is 343 g/mol. The number of nitrogens with zero attached hydrogens (tertiary/aromatic N) is 2. The van der Waals surface area contributed by atoms with Gasteiger partial charge in [-0.05, 0) is 27.6 Å². The lowest BCUT2D eigenvalue weighted by Crippen LogP contribution is -2.03. The predicted octanol–water partition coefficient (Wildman–Crippen LogP) is 4.73. The zero-order valence-electron chi connectivity index (χ0n) is 10.5. The third-order valence-corrected chi connectivity index (χ3v) is 4.02. The summed E-state index contributed by atoms with van der Waals surface area (Å²) in [6.45, 7) is 0.625. The average molecular weight is 354 g/mol. The zero-order valence-corrected chi connectivity index (χ0v) is 12.8. The molecule has 0 saturated heterocycles. The number of hydrogen-bond donors (Lipinski definition) is 0. The molecule has 3 rings (SSSR count). The van der Waals surface area contributed by atoms with Gasteiger partial charge in [0.1, 0.15) is 11.6 Å². The topological polar surface area (TPSA) is 17.8 Å². The molecule has 2 aromatic carbocycles. The van der Waals surface area contributed by atoms with Crippen LogP contribution in [0, 0.1) is 5.82 Å². The maximum atomic E-state index is 13.8. The monoisotopic (exact) mass is 352 g/mol. The van der Waals surface area contributed by atoms with Gasteiger partial charge in [0.2, 0.25) is 0 Å². The maximum absolute atomic E-state index is 13.8. The fourth-order valence-electron chi connectivity index (χ4n) is 2.21. The van der Waals surface area contributed by atoms with Gasteiger partial charge in [0, 0.05) is 12.6 Å². The number of aromatic nitrogens is 2. The maximum Gasteiger partial charge on any atom is 0.139 e. The van der Waals surface area contributed by atoms with Crippen molar-refractivity contribution in [3.8, 4) is 0 Å². The van der Waals surface area contributed by atoms with Crippen LogP contribution < -0.4 is 0 Å². The third kappa shape index (κ3) is 2.45. The van der Waals surface area contributed by atoms with Gasteiger partial charge < -0.3 is 4.57 Å². The molecule has 1 aromatic heterocycles. The van der Waals surface area contributed by atoms with Crippen LogP contribution in [-0.2, 0) is 12.4 Å². The molecule has 1 heterocycles. The minimum Gasteiger partial charge on any atom is -0.322 e. The standard InChI is InChI=1S/C15H11BrClFN2/c16-11-6-13-14(7-12(11)18)20(15(8-17)19-13)9-10-4-2-1-3-5-10/h1-7H,8-9H2. The van der Waals surface area contributed by atoms with Gasteiger partial charge in [0.15, 0.2) is 0 Å². The summed E-state index contributed by atoms with van der Waals surface area (Å²) in [7, 11) is 0. The van der Waals surface area contributed by atoms with Crippen LogP contribution in [0.15, 0.2) is 46.9 Å². The molecule has 0 aliphatic carbocycles. The first-order valence-corrected chi connectivity index (χ1v) is 7.46. The summed E-state index contributed by atoms with van der Waals surface area (Å²) in [4.78, 5) is 4.46. The van der Waals surface area contributed by atoms with E-state index in [4.69, 9.17) is 11.6 Å². The van der Waals surface area contributed by atoms with E-state index in [9.17, 15) is 4.39 Å². The lowest BCUT2D eigenvalue weighted by molar-refractivity contribution is 0.621.